The average Bonchev–Trinajstić information content (AvgIpc) is 3.07. The second kappa shape index (κ2) is 19.2. The van der Waals surface area contributed by atoms with Gasteiger partial charge in [-0.1, -0.05) is 86.6 Å². The molecule has 292 valence electrons. The van der Waals surface area contributed by atoms with Gasteiger partial charge in [-0.2, -0.15) is 0 Å². The summed E-state index contributed by atoms with van der Waals surface area (Å²) in [6.45, 7) is 13.8. The molecule has 3 rings (SSSR count). The predicted octanol–water partition coefficient (Wildman–Crippen LogP) is 6.89. The molecule has 0 aromatic rings. The van der Waals surface area contributed by atoms with E-state index >= 15 is 0 Å². The Morgan fingerprint density at radius 2 is 1.29 bits per heavy atom. The number of rotatable bonds is 14. The maximum Gasteiger partial charge on any atom is 0.306 e. The first-order chi connectivity index (χ1) is 24.4. The maximum atomic E-state index is 13.3. The molecular formula is C32H48Cl3N7O10. The number of ketones is 2. The van der Waals surface area contributed by atoms with Crippen LogP contribution in [0.15, 0.2) is 10.2 Å². The lowest BCUT2D eigenvalue weighted by atomic mass is 9.81. The number of carbonyl (C=O) groups excluding carboxylic acids is 3. The van der Waals surface area contributed by atoms with Gasteiger partial charge >= 0.3 is 5.97 Å². The van der Waals surface area contributed by atoms with Crippen molar-refractivity contribution in [1.29, 1.82) is 5.41 Å². The quantitative estimate of drug-likeness (QED) is 0.0363. The second-order valence-electron chi connectivity index (χ2n) is 13.6. The summed E-state index contributed by atoms with van der Waals surface area (Å²) in [7, 11) is 0. The van der Waals surface area contributed by atoms with E-state index in [4.69, 9.17) is 73.4 Å². The van der Waals surface area contributed by atoms with Gasteiger partial charge in [-0.05, 0) is 55.5 Å². The molecule has 0 saturated carbocycles. The van der Waals surface area contributed by atoms with Crippen molar-refractivity contribution in [3.63, 3.8) is 0 Å². The van der Waals surface area contributed by atoms with E-state index in [-0.39, 0.29) is 36.6 Å². The van der Waals surface area contributed by atoms with Crippen LogP contribution in [0.5, 0.6) is 0 Å². The molecule has 0 spiro atoms. The third-order valence-corrected chi connectivity index (χ3v) is 10.6. The van der Waals surface area contributed by atoms with E-state index in [1.165, 1.54) is 13.8 Å². The second-order valence-corrected chi connectivity index (χ2v) is 15.8. The van der Waals surface area contributed by atoms with Crippen LogP contribution in [0.25, 0.3) is 20.9 Å². The summed E-state index contributed by atoms with van der Waals surface area (Å²) in [5.74, 6) is -3.69. The summed E-state index contributed by atoms with van der Waals surface area (Å²) >= 11 is 17.5. The average molecular weight is 797 g/mol. The Morgan fingerprint density at radius 1 is 0.731 bits per heavy atom. The number of carbonyl (C=O) groups is 3. The third-order valence-electron chi connectivity index (χ3n) is 10.0. The molecule has 0 radical (unpaired) electrons. The number of ether oxygens (including phenoxy) is 7. The lowest BCUT2D eigenvalue weighted by Gasteiger charge is -2.50. The molecule has 52 heavy (non-hydrogen) atoms. The minimum absolute atomic E-state index is 0.0371. The molecule has 3 heterocycles. The smallest absolute Gasteiger partial charge is 0.306 e. The van der Waals surface area contributed by atoms with E-state index in [0.717, 1.165) is 0 Å². The first-order valence-electron chi connectivity index (χ1n) is 17.3. The van der Waals surface area contributed by atoms with Gasteiger partial charge in [0, 0.05) is 22.2 Å². The summed E-state index contributed by atoms with van der Waals surface area (Å²) < 4.78 is 40.9. The molecule has 3 aliphatic rings. The summed E-state index contributed by atoms with van der Waals surface area (Å²) in [5.41, 5.74) is 18.8. The number of azide groups is 2. The Morgan fingerprint density at radius 3 is 1.81 bits per heavy atom. The molecule has 6 unspecified atom stereocenters. The van der Waals surface area contributed by atoms with Crippen molar-refractivity contribution in [2.75, 3.05) is 0 Å². The fourth-order valence-corrected chi connectivity index (χ4v) is 6.96. The number of nitrogens with zero attached hydrogens (tertiary/aromatic N) is 6. The Labute approximate surface area is 317 Å². The lowest BCUT2D eigenvalue weighted by Crippen LogP contribution is -2.63. The van der Waals surface area contributed by atoms with Crippen molar-refractivity contribution < 1.29 is 47.5 Å². The van der Waals surface area contributed by atoms with E-state index in [9.17, 15) is 25.4 Å². The first kappa shape index (κ1) is 44.0. The molecule has 0 aromatic carbocycles. The molecule has 1 N–H and O–H groups in total. The normalized spacial score (nSPS) is 37.9. The lowest BCUT2D eigenvalue weighted by molar-refractivity contribution is -0.342. The summed E-state index contributed by atoms with van der Waals surface area (Å²) in [6, 6.07) is -1.84. The number of esters is 1. The summed E-state index contributed by atoms with van der Waals surface area (Å²) in [5, 5.41) is 15.8. The van der Waals surface area contributed by atoms with Crippen LogP contribution in [0.2, 0.25) is 0 Å². The van der Waals surface area contributed by atoms with Gasteiger partial charge in [0.25, 0.3) is 3.79 Å². The molecule has 3 saturated heterocycles. The summed E-state index contributed by atoms with van der Waals surface area (Å²) in [4.78, 5) is 44.0. The van der Waals surface area contributed by atoms with Crippen LogP contribution in [-0.4, -0.2) is 94.8 Å². The van der Waals surface area contributed by atoms with Crippen LogP contribution < -0.4 is 0 Å². The topological polar surface area (TPSA) is 237 Å². The van der Waals surface area contributed by atoms with Gasteiger partial charge in [0.2, 0.25) is 12.2 Å². The number of Topliss-reactive ketones (excluding diaryl/α,β-unsaturated/α-hetero) is 2. The van der Waals surface area contributed by atoms with E-state index < -0.39 is 94.8 Å². The van der Waals surface area contributed by atoms with E-state index in [1.54, 1.807) is 20.8 Å². The third kappa shape index (κ3) is 10.6. The van der Waals surface area contributed by atoms with Gasteiger partial charge in [-0.15, -0.1) is 0 Å². The van der Waals surface area contributed by atoms with E-state index in [1.807, 2.05) is 20.8 Å². The minimum atomic E-state index is -2.22. The molecule has 17 nitrogen and oxygen atoms in total. The van der Waals surface area contributed by atoms with Gasteiger partial charge in [0.05, 0.1) is 30.8 Å². The van der Waals surface area contributed by atoms with Crippen molar-refractivity contribution >= 4 is 58.2 Å². The van der Waals surface area contributed by atoms with Crippen LogP contribution in [0.1, 0.15) is 81.1 Å². The van der Waals surface area contributed by atoms with Crippen LogP contribution in [0.4, 0.5) is 0 Å². The van der Waals surface area contributed by atoms with Gasteiger partial charge in [-0.25, -0.2) is 0 Å². The number of alkyl halides is 3. The Kier molecular flexibility index (Phi) is 16.3. The monoisotopic (exact) mass is 795 g/mol. The number of halogens is 3. The molecule has 0 aliphatic carbocycles. The molecular weight excluding hydrogens is 749 g/mol. The Balaban J connectivity index is 2.01. The molecule has 3 aliphatic heterocycles. The molecule has 0 amide bonds. The predicted molar refractivity (Wildman–Crippen MR) is 188 cm³/mol. The molecule has 20 heteroatoms. The van der Waals surface area contributed by atoms with Crippen molar-refractivity contribution in [2.45, 2.75) is 152 Å². The molecule has 15 atom stereocenters. The number of nitrogens with one attached hydrogen (secondary N) is 1. The zero-order valence-corrected chi connectivity index (χ0v) is 32.7. The van der Waals surface area contributed by atoms with Crippen molar-refractivity contribution in [3.8, 4) is 0 Å². The van der Waals surface area contributed by atoms with Crippen LogP contribution >= 0.6 is 34.8 Å². The van der Waals surface area contributed by atoms with E-state index in [2.05, 4.69) is 20.1 Å². The molecule has 0 aromatic heterocycles. The van der Waals surface area contributed by atoms with Crippen molar-refractivity contribution in [3.05, 3.63) is 20.9 Å². The highest BCUT2D eigenvalue weighted by Gasteiger charge is 2.54. The molecule has 0 bridgehead atoms. The zero-order valence-electron chi connectivity index (χ0n) is 30.4. The van der Waals surface area contributed by atoms with Crippen molar-refractivity contribution in [1.82, 2.24) is 0 Å². The Bertz CT molecular complexity index is 1390. The van der Waals surface area contributed by atoms with Gasteiger partial charge < -0.3 is 38.0 Å². The first-order valence-corrected chi connectivity index (χ1v) is 18.4. The Hall–Kier alpha value is -2.43. The molecule has 3 fully saturated rings. The minimum Gasteiger partial charge on any atom is -0.457 e. The van der Waals surface area contributed by atoms with Crippen molar-refractivity contribution in [2.24, 2.45) is 33.9 Å². The highest BCUT2D eigenvalue weighted by molar-refractivity contribution is 6.76. The number of hydrogen-bond acceptors (Lipinski definition) is 13. The van der Waals surface area contributed by atoms with Crippen LogP contribution in [-0.2, 0) is 47.5 Å². The zero-order chi connectivity index (χ0) is 39.1. The fraction of sp³-hybridized carbons (Fsp3) is 0.875. The highest BCUT2D eigenvalue weighted by Crippen LogP contribution is 2.41. The fourth-order valence-electron chi connectivity index (χ4n) is 6.83. The largest absolute Gasteiger partial charge is 0.457 e. The number of hydrogen-bond donors (Lipinski definition) is 1. The highest BCUT2D eigenvalue weighted by atomic mass is 35.6. The SMILES string of the molecule is CCC1O[C@H](O[C@@H]2C(C(C)=O)O[C@@H](O[C@@H]3C(CC)O[C@H](OC(=N)C(Cl)(Cl)Cl)C(N=[N+]=[N-])[C@H]3C)C(OC(=O)CCC(C)=O)[C@H]2C)C(N=[N+]=[N-])[C@@H](C)[C@@H]1C. The maximum absolute atomic E-state index is 13.3. The standard InChI is InChI=1S/C32H48Cl3N7O10/c1-9-19-14(4)15(5)22(39-41-37)28(46-19)50-25-17(7)26(48-21(45)12-11-13(3)43)30(51-27(25)18(8)44)49-24-16(6)23(40-42-38)29(47-20(24)10-2)52-31(36)32(33,34)35/h14-17,19-20,22-30,36H,9-12H2,1-8H3/t14-,15-,16+,17-,19?,20?,22?,23?,24-,25-,26?,27?,28+,29+,30+/m0/s1. The van der Waals surface area contributed by atoms with E-state index in [0.29, 0.717) is 12.8 Å². The van der Waals surface area contributed by atoms with Gasteiger partial charge in [-0.3, -0.25) is 15.0 Å². The van der Waals surface area contributed by atoms with Gasteiger partial charge in [0.1, 0.15) is 24.0 Å². The summed E-state index contributed by atoms with van der Waals surface area (Å²) in [6.07, 6.45) is -8.52. The van der Waals surface area contributed by atoms with Crippen LogP contribution in [0.3, 0.4) is 0 Å². The van der Waals surface area contributed by atoms with Gasteiger partial charge in [0.15, 0.2) is 24.5 Å². The van der Waals surface area contributed by atoms with Crippen LogP contribution in [0, 0.1) is 29.1 Å².